The van der Waals surface area contributed by atoms with E-state index in [0.29, 0.717) is 5.75 Å². The van der Waals surface area contributed by atoms with Gasteiger partial charge in [-0.15, -0.1) is 0 Å². The molecule has 12 heteroatoms. The lowest BCUT2D eigenvalue weighted by Crippen LogP contribution is -2.45. The Kier molecular flexibility index (Phi) is 7.55. The highest BCUT2D eigenvalue weighted by molar-refractivity contribution is 6.25. The van der Waals surface area contributed by atoms with Gasteiger partial charge < -0.3 is 9.47 Å². The zero-order valence-corrected chi connectivity index (χ0v) is 25.2. The Morgan fingerprint density at radius 2 is 1.67 bits per heavy atom. The third-order valence-corrected chi connectivity index (χ3v) is 8.89. The number of benzene rings is 3. The van der Waals surface area contributed by atoms with E-state index in [2.05, 4.69) is 16.4 Å². The molecule has 7 rings (SSSR count). The average molecular weight is 623 g/mol. The zero-order valence-electron chi connectivity index (χ0n) is 25.2. The second-order valence-electron chi connectivity index (χ2n) is 11.6. The maximum atomic E-state index is 14.1. The lowest BCUT2D eigenvalue weighted by molar-refractivity contribution is -0.136. The fraction of sp³-hybridized carbons (Fsp3) is 0.294. The van der Waals surface area contributed by atoms with Gasteiger partial charge >= 0.3 is 0 Å². The number of carbonyl (C=O) groups is 3. The van der Waals surface area contributed by atoms with E-state index in [1.807, 2.05) is 48.5 Å². The molecule has 0 spiro atoms. The molecular formula is C34H31FN6O5. The van der Waals surface area contributed by atoms with Gasteiger partial charge in [0.2, 0.25) is 0 Å². The minimum absolute atomic E-state index is 0.0540. The SMILES string of the molecule is COc1ccc(/C=C2/CCC[C@@H]3C2=NN(C(=O)CN2N=N[C@@H]4C(=O)N(c5cccc(F)c5)C(=O)[C@@H]42)[C@@H]3c2ccc(OC)cc2)cc1. The number of imide groups is 1. The van der Waals surface area contributed by atoms with E-state index in [1.165, 1.54) is 28.2 Å². The summed E-state index contributed by atoms with van der Waals surface area (Å²) in [6, 6.07) is 18.0. The van der Waals surface area contributed by atoms with Crippen LogP contribution >= 0.6 is 0 Å². The first kappa shape index (κ1) is 29.3. The minimum atomic E-state index is -1.12. The normalized spacial score (nSPS) is 24.4. The molecular weight excluding hydrogens is 591 g/mol. The van der Waals surface area contributed by atoms with Gasteiger partial charge in [-0.2, -0.15) is 10.2 Å². The highest BCUT2D eigenvalue weighted by Crippen LogP contribution is 2.45. The summed E-state index contributed by atoms with van der Waals surface area (Å²) in [5.74, 6) is -0.797. The van der Waals surface area contributed by atoms with Crippen LogP contribution in [0.5, 0.6) is 11.5 Å². The first-order chi connectivity index (χ1) is 22.4. The summed E-state index contributed by atoms with van der Waals surface area (Å²) in [6.07, 6.45) is 4.68. The summed E-state index contributed by atoms with van der Waals surface area (Å²) in [5.41, 5.74) is 3.91. The van der Waals surface area contributed by atoms with E-state index in [0.717, 1.165) is 58.4 Å². The molecule has 1 aliphatic carbocycles. The van der Waals surface area contributed by atoms with Crippen LogP contribution in [0, 0.1) is 11.7 Å². The smallest absolute Gasteiger partial charge is 0.264 e. The molecule has 0 N–H and O–H groups in total. The number of ether oxygens (including phenoxy) is 2. The van der Waals surface area contributed by atoms with Crippen LogP contribution in [0.15, 0.2) is 93.8 Å². The molecule has 234 valence electrons. The predicted molar refractivity (Wildman–Crippen MR) is 166 cm³/mol. The first-order valence-electron chi connectivity index (χ1n) is 15.1. The molecule has 1 saturated carbocycles. The van der Waals surface area contributed by atoms with E-state index in [-0.39, 0.29) is 18.2 Å². The van der Waals surface area contributed by atoms with Crippen molar-refractivity contribution in [3.8, 4) is 11.5 Å². The number of hydrogen-bond donors (Lipinski definition) is 0. The second-order valence-corrected chi connectivity index (χ2v) is 11.6. The number of nitrogens with zero attached hydrogens (tertiary/aromatic N) is 6. The van der Waals surface area contributed by atoms with Crippen molar-refractivity contribution >= 4 is 35.2 Å². The van der Waals surface area contributed by atoms with E-state index in [1.54, 1.807) is 14.2 Å². The topological polar surface area (TPSA) is 116 Å². The van der Waals surface area contributed by atoms with E-state index in [9.17, 15) is 18.8 Å². The van der Waals surface area contributed by atoms with Crippen LogP contribution < -0.4 is 14.4 Å². The van der Waals surface area contributed by atoms with Crippen molar-refractivity contribution in [3.63, 3.8) is 0 Å². The summed E-state index contributed by atoms with van der Waals surface area (Å²) in [5, 5.41) is 15.8. The molecule has 4 aliphatic rings. The summed E-state index contributed by atoms with van der Waals surface area (Å²) < 4.78 is 24.6. The van der Waals surface area contributed by atoms with Crippen LogP contribution in [0.4, 0.5) is 10.1 Å². The van der Waals surface area contributed by atoms with Crippen LogP contribution in [-0.2, 0) is 14.4 Å². The van der Waals surface area contributed by atoms with Gasteiger partial charge in [0.25, 0.3) is 17.7 Å². The van der Waals surface area contributed by atoms with E-state index < -0.39 is 41.7 Å². The quantitative estimate of drug-likeness (QED) is 0.344. The molecule has 0 radical (unpaired) electrons. The summed E-state index contributed by atoms with van der Waals surface area (Å²) in [6.45, 7) is -0.325. The third-order valence-electron chi connectivity index (χ3n) is 8.89. The summed E-state index contributed by atoms with van der Waals surface area (Å²) >= 11 is 0. The number of hydrogen-bond acceptors (Lipinski definition) is 9. The van der Waals surface area contributed by atoms with Crippen LogP contribution in [-0.4, -0.2) is 66.3 Å². The van der Waals surface area contributed by atoms with Gasteiger partial charge in [-0.3, -0.25) is 19.4 Å². The maximum Gasteiger partial charge on any atom is 0.264 e. The molecule has 46 heavy (non-hydrogen) atoms. The molecule has 11 nitrogen and oxygen atoms in total. The van der Waals surface area contributed by atoms with Crippen molar-refractivity contribution in [1.29, 1.82) is 0 Å². The molecule has 0 aromatic heterocycles. The number of halogens is 1. The highest BCUT2D eigenvalue weighted by Gasteiger charge is 2.55. The molecule has 3 heterocycles. The number of allylic oxidation sites excluding steroid dienone is 1. The van der Waals surface area contributed by atoms with Gasteiger partial charge in [-0.25, -0.2) is 14.3 Å². The highest BCUT2D eigenvalue weighted by atomic mass is 19.1. The van der Waals surface area contributed by atoms with Gasteiger partial charge in [0.15, 0.2) is 12.1 Å². The van der Waals surface area contributed by atoms with E-state index >= 15 is 0 Å². The number of hydrazone groups is 1. The fourth-order valence-electron chi connectivity index (χ4n) is 6.68. The Bertz CT molecular complexity index is 1790. The molecule has 4 atom stereocenters. The van der Waals surface area contributed by atoms with Crippen LogP contribution in [0.25, 0.3) is 6.08 Å². The molecule has 3 aliphatic heterocycles. The van der Waals surface area contributed by atoms with E-state index in [4.69, 9.17) is 14.6 Å². The zero-order chi connectivity index (χ0) is 31.9. The minimum Gasteiger partial charge on any atom is -0.497 e. The number of rotatable bonds is 7. The second kappa shape index (κ2) is 11.8. The summed E-state index contributed by atoms with van der Waals surface area (Å²) in [4.78, 5) is 41.6. The molecule has 2 fully saturated rings. The largest absolute Gasteiger partial charge is 0.497 e. The fourth-order valence-corrected chi connectivity index (χ4v) is 6.68. The average Bonchev–Trinajstić information content (AvgIpc) is 3.74. The number of anilines is 1. The van der Waals surface area contributed by atoms with Gasteiger partial charge in [0.1, 0.15) is 23.9 Å². The number of methoxy groups -OCH3 is 2. The van der Waals surface area contributed by atoms with Gasteiger partial charge in [-0.1, -0.05) is 35.6 Å². The lowest BCUT2D eigenvalue weighted by Gasteiger charge is -2.30. The van der Waals surface area contributed by atoms with Gasteiger partial charge in [0.05, 0.1) is 31.7 Å². The third kappa shape index (κ3) is 5.09. The number of fused-ring (bicyclic) bond motifs is 2. The van der Waals surface area contributed by atoms with Crippen molar-refractivity contribution in [2.45, 2.75) is 37.4 Å². The Labute approximate surface area is 264 Å². The Morgan fingerprint density at radius 3 is 2.37 bits per heavy atom. The predicted octanol–water partition coefficient (Wildman–Crippen LogP) is 4.96. The first-order valence-corrected chi connectivity index (χ1v) is 15.1. The molecule has 0 unspecified atom stereocenters. The van der Waals surface area contributed by atoms with Crippen molar-refractivity contribution in [1.82, 2.24) is 10.0 Å². The van der Waals surface area contributed by atoms with Crippen molar-refractivity contribution in [2.75, 3.05) is 25.7 Å². The Hall–Kier alpha value is -5.39. The monoisotopic (exact) mass is 622 g/mol. The van der Waals surface area contributed by atoms with Gasteiger partial charge in [0, 0.05) is 5.92 Å². The molecule has 3 amide bonds. The van der Waals surface area contributed by atoms with Crippen molar-refractivity contribution in [2.24, 2.45) is 21.4 Å². The molecule has 3 aromatic carbocycles. The molecule has 1 saturated heterocycles. The maximum absolute atomic E-state index is 14.1. The Morgan fingerprint density at radius 1 is 0.957 bits per heavy atom. The lowest BCUT2D eigenvalue weighted by atomic mass is 9.77. The molecule has 3 aromatic rings. The number of carbonyl (C=O) groups excluding carboxylic acids is 3. The van der Waals surface area contributed by atoms with Crippen LogP contribution in [0.2, 0.25) is 0 Å². The van der Waals surface area contributed by atoms with Gasteiger partial charge in [-0.05, 0) is 84.5 Å². The Balaban J connectivity index is 1.19. The summed E-state index contributed by atoms with van der Waals surface area (Å²) in [7, 11) is 3.23. The van der Waals surface area contributed by atoms with Crippen LogP contribution in [0.3, 0.4) is 0 Å². The van der Waals surface area contributed by atoms with Crippen molar-refractivity contribution < 1.29 is 28.2 Å². The van der Waals surface area contributed by atoms with Crippen molar-refractivity contribution in [3.05, 3.63) is 95.3 Å². The standard InChI is InChI=1S/C34H31FN6O5/c1-45-25-13-9-20(10-14-25)17-22-5-3-8-27-29(22)37-41(31(27)21-11-15-26(46-2)16-12-21)28(42)19-39-32-30(36-38-39)33(43)40(34(32)44)24-7-4-6-23(35)18-24/h4,6-7,9-18,27,30-32H,3,5,8,19H2,1-2H3/b22-17-/t27-,30+,31-,32-/m1/s1. The van der Waals surface area contributed by atoms with Crippen LogP contribution in [0.1, 0.15) is 36.4 Å². The molecule has 0 bridgehead atoms. The number of amides is 3.